The third kappa shape index (κ3) is 5.22. The van der Waals surface area contributed by atoms with E-state index in [2.05, 4.69) is 15.3 Å². The molecular formula is C20H19ClF3N5O3S. The summed E-state index contributed by atoms with van der Waals surface area (Å²) in [6, 6.07) is 2.61. The van der Waals surface area contributed by atoms with E-state index in [9.17, 15) is 27.6 Å². The molecule has 0 spiro atoms. The van der Waals surface area contributed by atoms with E-state index < -0.39 is 28.9 Å². The first-order valence-corrected chi connectivity index (χ1v) is 11.1. The molecule has 0 fully saturated rings. The molecule has 0 atom stereocenters. The summed E-state index contributed by atoms with van der Waals surface area (Å²) in [5, 5.41) is 2.58. The van der Waals surface area contributed by atoms with Crippen LogP contribution in [0.1, 0.15) is 24.7 Å². The summed E-state index contributed by atoms with van der Waals surface area (Å²) in [6.45, 7) is 1.91. The van der Waals surface area contributed by atoms with Gasteiger partial charge in [0.15, 0.2) is 5.65 Å². The fourth-order valence-electron chi connectivity index (χ4n) is 3.03. The Kier molecular flexibility index (Phi) is 7.17. The van der Waals surface area contributed by atoms with E-state index in [4.69, 9.17) is 11.6 Å². The zero-order chi connectivity index (χ0) is 24.5. The van der Waals surface area contributed by atoms with Gasteiger partial charge in [0.2, 0.25) is 5.91 Å². The van der Waals surface area contributed by atoms with Gasteiger partial charge in [0.25, 0.3) is 5.56 Å². The number of alkyl halides is 3. The summed E-state index contributed by atoms with van der Waals surface area (Å²) in [7, 11) is 2.80. The molecule has 1 N–H and O–H groups in total. The molecule has 3 rings (SSSR count). The number of nitrogens with one attached hydrogen (secondary N) is 1. The lowest BCUT2D eigenvalue weighted by atomic mass is 10.2. The molecule has 8 nitrogen and oxygen atoms in total. The first-order valence-electron chi connectivity index (χ1n) is 9.70. The maximum Gasteiger partial charge on any atom is 0.416 e. The minimum absolute atomic E-state index is 0.0528. The molecule has 13 heteroatoms. The molecule has 1 amide bonds. The highest BCUT2D eigenvalue weighted by Crippen LogP contribution is 2.34. The fourth-order valence-corrected chi connectivity index (χ4v) is 4.03. The number of anilines is 1. The van der Waals surface area contributed by atoms with Gasteiger partial charge in [-0.15, -0.1) is 0 Å². The van der Waals surface area contributed by atoms with Crippen LogP contribution in [0.25, 0.3) is 11.0 Å². The Morgan fingerprint density at radius 2 is 1.88 bits per heavy atom. The van der Waals surface area contributed by atoms with Crippen molar-refractivity contribution >= 4 is 46.0 Å². The van der Waals surface area contributed by atoms with Crippen LogP contribution in [0.4, 0.5) is 18.9 Å². The maximum atomic E-state index is 13.0. The molecule has 0 saturated carbocycles. The van der Waals surface area contributed by atoms with Crippen molar-refractivity contribution in [3.05, 3.63) is 55.4 Å². The Balaban J connectivity index is 1.93. The van der Waals surface area contributed by atoms with Gasteiger partial charge in [0.05, 0.1) is 22.0 Å². The Labute approximate surface area is 194 Å². The van der Waals surface area contributed by atoms with Crippen LogP contribution in [0.5, 0.6) is 0 Å². The molecule has 33 heavy (non-hydrogen) atoms. The molecular weight excluding hydrogens is 483 g/mol. The molecule has 0 bridgehead atoms. The lowest BCUT2D eigenvalue weighted by Crippen LogP contribution is -2.38. The zero-order valence-corrected chi connectivity index (χ0v) is 19.4. The zero-order valence-electron chi connectivity index (χ0n) is 17.8. The normalized spacial score (nSPS) is 11.7. The van der Waals surface area contributed by atoms with Gasteiger partial charge in [-0.2, -0.15) is 13.2 Å². The molecule has 0 aliphatic rings. The van der Waals surface area contributed by atoms with E-state index in [0.29, 0.717) is 18.7 Å². The maximum absolute atomic E-state index is 13.0. The monoisotopic (exact) mass is 501 g/mol. The number of amides is 1. The summed E-state index contributed by atoms with van der Waals surface area (Å²) in [5.41, 5.74) is -2.16. The summed E-state index contributed by atoms with van der Waals surface area (Å²) >= 11 is 6.84. The quantitative estimate of drug-likeness (QED) is 0.410. The van der Waals surface area contributed by atoms with Gasteiger partial charge in [0, 0.05) is 20.5 Å². The van der Waals surface area contributed by atoms with E-state index >= 15 is 0 Å². The van der Waals surface area contributed by atoms with Crippen LogP contribution in [-0.2, 0) is 31.5 Å². The van der Waals surface area contributed by atoms with Gasteiger partial charge >= 0.3 is 11.9 Å². The van der Waals surface area contributed by atoms with Crippen LogP contribution in [0, 0.1) is 0 Å². The van der Waals surface area contributed by atoms with Crippen LogP contribution in [0.3, 0.4) is 0 Å². The number of hydrogen-bond donors (Lipinski definition) is 1. The number of benzene rings is 1. The predicted octanol–water partition coefficient (Wildman–Crippen LogP) is 3.38. The van der Waals surface area contributed by atoms with E-state index in [1.165, 1.54) is 18.7 Å². The lowest BCUT2D eigenvalue weighted by Gasteiger charge is -2.13. The molecule has 176 valence electrons. The van der Waals surface area contributed by atoms with Gasteiger partial charge < -0.3 is 5.32 Å². The molecule has 2 aromatic heterocycles. The van der Waals surface area contributed by atoms with Gasteiger partial charge in [-0.25, -0.2) is 14.8 Å². The summed E-state index contributed by atoms with van der Waals surface area (Å²) in [4.78, 5) is 46.2. The van der Waals surface area contributed by atoms with Crippen molar-refractivity contribution < 1.29 is 18.0 Å². The smallest absolute Gasteiger partial charge is 0.324 e. The second-order valence-corrected chi connectivity index (χ2v) is 8.50. The number of nitrogens with zero attached hydrogens (tertiary/aromatic N) is 4. The fraction of sp³-hybridized carbons (Fsp3) is 0.350. The topological polar surface area (TPSA) is 98.9 Å². The molecule has 0 aliphatic heterocycles. The van der Waals surface area contributed by atoms with E-state index in [1.54, 1.807) is 0 Å². The molecule has 0 saturated heterocycles. The van der Waals surface area contributed by atoms with Crippen molar-refractivity contribution in [1.82, 2.24) is 19.1 Å². The van der Waals surface area contributed by atoms with Crippen molar-refractivity contribution in [2.75, 3.05) is 11.1 Å². The number of carbonyl (C=O) groups excluding carboxylic acids is 1. The Morgan fingerprint density at radius 1 is 1.18 bits per heavy atom. The Morgan fingerprint density at radius 3 is 2.52 bits per heavy atom. The Bertz CT molecular complexity index is 1350. The molecule has 1 aromatic carbocycles. The molecule has 0 radical (unpaired) electrons. The highest BCUT2D eigenvalue weighted by Gasteiger charge is 2.31. The molecule has 2 heterocycles. The largest absolute Gasteiger partial charge is 0.416 e. The minimum atomic E-state index is -4.59. The summed E-state index contributed by atoms with van der Waals surface area (Å²) in [5.74, 6) is -0.514. The first kappa shape index (κ1) is 24.8. The van der Waals surface area contributed by atoms with Crippen molar-refractivity contribution in [2.45, 2.75) is 31.0 Å². The van der Waals surface area contributed by atoms with Crippen LogP contribution >= 0.6 is 23.4 Å². The standard InChI is InChI=1S/C20H19ClF3N5O3S/c1-4-5-13-26-16-15(18(31)29(3)19(32)28(16)2)17(27-13)33-9-14(30)25-12-8-10(20(22,23)24)6-7-11(12)21/h6-8H,4-5,9H2,1-3H3,(H,25,30). The minimum Gasteiger partial charge on any atom is -0.324 e. The number of rotatable bonds is 6. The average Bonchev–Trinajstić information content (AvgIpc) is 2.75. The number of hydrogen-bond acceptors (Lipinski definition) is 6. The van der Waals surface area contributed by atoms with Crippen molar-refractivity contribution in [2.24, 2.45) is 14.1 Å². The van der Waals surface area contributed by atoms with E-state index in [0.717, 1.165) is 34.5 Å². The van der Waals surface area contributed by atoms with Crippen LogP contribution in [0.15, 0.2) is 32.8 Å². The van der Waals surface area contributed by atoms with Gasteiger partial charge in [-0.1, -0.05) is 30.3 Å². The molecule has 3 aromatic rings. The number of thioether (sulfide) groups is 1. The number of aryl methyl sites for hydroxylation is 2. The van der Waals surface area contributed by atoms with Crippen molar-refractivity contribution in [3.8, 4) is 0 Å². The van der Waals surface area contributed by atoms with Crippen molar-refractivity contribution in [1.29, 1.82) is 0 Å². The number of halogens is 4. The number of aromatic nitrogens is 4. The highest BCUT2D eigenvalue weighted by atomic mass is 35.5. The third-order valence-corrected chi connectivity index (χ3v) is 6.00. The van der Waals surface area contributed by atoms with E-state index in [1.807, 2.05) is 6.92 Å². The van der Waals surface area contributed by atoms with Crippen LogP contribution < -0.4 is 16.6 Å². The molecule has 0 aliphatic carbocycles. The predicted molar refractivity (Wildman–Crippen MR) is 120 cm³/mol. The van der Waals surface area contributed by atoms with Gasteiger partial charge in [-0.05, 0) is 24.6 Å². The Hall–Kier alpha value is -2.86. The summed E-state index contributed by atoms with van der Waals surface area (Å²) < 4.78 is 41.0. The van der Waals surface area contributed by atoms with Gasteiger partial charge in [0.1, 0.15) is 16.2 Å². The summed E-state index contributed by atoms with van der Waals surface area (Å²) in [6.07, 6.45) is -3.40. The van der Waals surface area contributed by atoms with Crippen LogP contribution in [0.2, 0.25) is 5.02 Å². The molecule has 0 unspecified atom stereocenters. The van der Waals surface area contributed by atoms with Gasteiger partial charge in [-0.3, -0.25) is 18.7 Å². The third-order valence-electron chi connectivity index (χ3n) is 4.69. The SMILES string of the molecule is CCCc1nc(SCC(=O)Nc2cc(C(F)(F)F)ccc2Cl)c2c(=O)n(C)c(=O)n(C)c2n1. The highest BCUT2D eigenvalue weighted by molar-refractivity contribution is 8.00. The first-order chi connectivity index (χ1) is 15.4. The van der Waals surface area contributed by atoms with Crippen LogP contribution in [-0.4, -0.2) is 30.8 Å². The average molecular weight is 502 g/mol. The second-order valence-electron chi connectivity index (χ2n) is 7.13. The van der Waals surface area contributed by atoms with E-state index in [-0.39, 0.29) is 32.5 Å². The second kappa shape index (κ2) is 9.56. The van der Waals surface area contributed by atoms with Crippen molar-refractivity contribution in [3.63, 3.8) is 0 Å². The number of fused-ring (bicyclic) bond motifs is 1. The number of carbonyl (C=O) groups is 1. The lowest BCUT2D eigenvalue weighted by molar-refractivity contribution is -0.137.